The Morgan fingerprint density at radius 1 is 1.56 bits per heavy atom. The number of aliphatic hydroxyl groups excluding tert-OH is 1. The van der Waals surface area contributed by atoms with Gasteiger partial charge in [0.15, 0.2) is 6.39 Å². The third-order valence-electron chi connectivity index (χ3n) is 3.81. The zero-order chi connectivity index (χ0) is 13.2. The second-order valence-electron chi connectivity index (χ2n) is 6.10. The van der Waals surface area contributed by atoms with Gasteiger partial charge in [0.05, 0.1) is 5.69 Å². The van der Waals surface area contributed by atoms with Crippen LogP contribution in [0.1, 0.15) is 51.0 Å². The normalized spacial score (nSPS) is 25.8. The van der Waals surface area contributed by atoms with Gasteiger partial charge in [-0.3, -0.25) is 4.90 Å². The van der Waals surface area contributed by atoms with E-state index in [4.69, 9.17) is 4.42 Å². The molecular formula is C14H24N2O2. The minimum absolute atomic E-state index is 0.0416. The Morgan fingerprint density at radius 2 is 2.33 bits per heavy atom. The van der Waals surface area contributed by atoms with Crippen LogP contribution in [0.15, 0.2) is 10.8 Å². The number of hydrogen-bond donors (Lipinski definition) is 1. The Morgan fingerprint density at radius 3 is 3.00 bits per heavy atom. The van der Waals surface area contributed by atoms with Crippen molar-refractivity contribution in [2.75, 3.05) is 19.7 Å². The number of rotatable bonds is 4. The molecule has 1 aromatic heterocycles. The van der Waals surface area contributed by atoms with E-state index in [-0.39, 0.29) is 12.0 Å². The maximum atomic E-state index is 9.48. The Bertz CT molecular complexity index is 389. The number of likely N-dealkylation sites (tertiary alicyclic amines) is 1. The van der Waals surface area contributed by atoms with Crippen molar-refractivity contribution in [1.29, 1.82) is 0 Å². The predicted octanol–water partition coefficient (Wildman–Crippen LogP) is 2.39. The molecule has 0 amide bonds. The average Bonchev–Trinajstić information content (AvgIpc) is 2.77. The van der Waals surface area contributed by atoms with Gasteiger partial charge in [-0.2, -0.15) is 0 Å². The van der Waals surface area contributed by atoms with Gasteiger partial charge < -0.3 is 9.52 Å². The van der Waals surface area contributed by atoms with E-state index in [1.807, 2.05) is 0 Å². The largest absolute Gasteiger partial charge is 0.448 e. The SMILES string of the molecule is CC(C)c1ocnc1CN1CCCC(C)(CO)C1. The van der Waals surface area contributed by atoms with Crippen LogP contribution in [-0.2, 0) is 6.54 Å². The molecule has 0 spiro atoms. The molecule has 1 fully saturated rings. The van der Waals surface area contributed by atoms with E-state index in [9.17, 15) is 5.11 Å². The number of aliphatic hydroxyl groups is 1. The van der Waals surface area contributed by atoms with Crippen LogP contribution >= 0.6 is 0 Å². The fourth-order valence-corrected chi connectivity index (χ4v) is 2.77. The van der Waals surface area contributed by atoms with Crippen molar-refractivity contribution in [2.24, 2.45) is 5.41 Å². The molecule has 4 heteroatoms. The second-order valence-corrected chi connectivity index (χ2v) is 6.10. The lowest BCUT2D eigenvalue weighted by Crippen LogP contribution is -2.43. The number of oxazole rings is 1. The molecule has 1 aliphatic rings. The fourth-order valence-electron chi connectivity index (χ4n) is 2.77. The van der Waals surface area contributed by atoms with Gasteiger partial charge in [-0.15, -0.1) is 0 Å². The van der Waals surface area contributed by atoms with Gasteiger partial charge in [-0.05, 0) is 19.4 Å². The summed E-state index contributed by atoms with van der Waals surface area (Å²) in [5, 5.41) is 9.48. The molecular weight excluding hydrogens is 228 g/mol. The topological polar surface area (TPSA) is 49.5 Å². The molecule has 0 aliphatic carbocycles. The predicted molar refractivity (Wildman–Crippen MR) is 70.3 cm³/mol. The first kappa shape index (κ1) is 13.6. The molecule has 18 heavy (non-hydrogen) atoms. The lowest BCUT2D eigenvalue weighted by molar-refractivity contribution is 0.0421. The first-order valence-corrected chi connectivity index (χ1v) is 6.79. The Labute approximate surface area is 109 Å². The molecule has 0 aromatic carbocycles. The molecule has 102 valence electrons. The summed E-state index contributed by atoms with van der Waals surface area (Å²) in [5.41, 5.74) is 1.09. The van der Waals surface area contributed by atoms with E-state index < -0.39 is 0 Å². The highest BCUT2D eigenvalue weighted by Crippen LogP contribution is 2.30. The molecule has 1 aliphatic heterocycles. The highest BCUT2D eigenvalue weighted by Gasteiger charge is 2.31. The quantitative estimate of drug-likeness (QED) is 0.894. The fraction of sp³-hybridized carbons (Fsp3) is 0.786. The first-order chi connectivity index (χ1) is 8.54. The molecule has 1 N–H and O–H groups in total. The zero-order valence-corrected chi connectivity index (χ0v) is 11.6. The van der Waals surface area contributed by atoms with E-state index in [2.05, 4.69) is 30.7 Å². The summed E-state index contributed by atoms with van der Waals surface area (Å²) in [4.78, 5) is 6.71. The Kier molecular flexibility index (Phi) is 4.07. The summed E-state index contributed by atoms with van der Waals surface area (Å²) in [6.07, 6.45) is 3.79. The van der Waals surface area contributed by atoms with Gasteiger partial charge in [0.2, 0.25) is 0 Å². The van der Waals surface area contributed by atoms with Gasteiger partial charge in [0.1, 0.15) is 5.76 Å². The average molecular weight is 252 g/mol. The van der Waals surface area contributed by atoms with E-state index in [0.717, 1.165) is 43.9 Å². The molecule has 1 atom stereocenters. The minimum atomic E-state index is 0.0416. The highest BCUT2D eigenvalue weighted by molar-refractivity contribution is 5.11. The first-order valence-electron chi connectivity index (χ1n) is 6.79. The summed E-state index contributed by atoms with van der Waals surface area (Å²) >= 11 is 0. The lowest BCUT2D eigenvalue weighted by atomic mass is 9.83. The Balaban J connectivity index is 2.03. The maximum absolute atomic E-state index is 9.48. The molecule has 0 bridgehead atoms. The van der Waals surface area contributed by atoms with Crippen LogP contribution in [0.3, 0.4) is 0 Å². The van der Waals surface area contributed by atoms with Crippen LogP contribution in [0.25, 0.3) is 0 Å². The van der Waals surface area contributed by atoms with Gasteiger partial charge in [0.25, 0.3) is 0 Å². The Hall–Kier alpha value is -0.870. The zero-order valence-electron chi connectivity index (χ0n) is 11.6. The molecule has 4 nitrogen and oxygen atoms in total. The van der Waals surface area contributed by atoms with Crippen LogP contribution in [0.5, 0.6) is 0 Å². The van der Waals surface area contributed by atoms with Crippen LogP contribution in [0.2, 0.25) is 0 Å². The summed E-state index contributed by atoms with van der Waals surface area (Å²) in [6, 6.07) is 0. The molecule has 2 heterocycles. The molecule has 0 radical (unpaired) electrons. The van der Waals surface area contributed by atoms with Gasteiger partial charge in [-0.1, -0.05) is 20.8 Å². The lowest BCUT2D eigenvalue weighted by Gasteiger charge is -2.39. The molecule has 1 aromatic rings. The smallest absolute Gasteiger partial charge is 0.181 e. The van der Waals surface area contributed by atoms with Crippen molar-refractivity contribution in [3.8, 4) is 0 Å². The molecule has 1 unspecified atom stereocenters. The van der Waals surface area contributed by atoms with Crippen molar-refractivity contribution in [2.45, 2.75) is 46.1 Å². The van der Waals surface area contributed by atoms with E-state index in [1.54, 1.807) is 6.39 Å². The van der Waals surface area contributed by atoms with Crippen molar-refractivity contribution in [3.05, 3.63) is 17.8 Å². The van der Waals surface area contributed by atoms with E-state index in [0.29, 0.717) is 5.92 Å². The van der Waals surface area contributed by atoms with Gasteiger partial charge in [-0.25, -0.2) is 4.98 Å². The van der Waals surface area contributed by atoms with Crippen LogP contribution < -0.4 is 0 Å². The van der Waals surface area contributed by atoms with Crippen molar-refractivity contribution < 1.29 is 9.52 Å². The van der Waals surface area contributed by atoms with E-state index in [1.165, 1.54) is 0 Å². The van der Waals surface area contributed by atoms with Gasteiger partial charge in [0, 0.05) is 31.0 Å². The second kappa shape index (κ2) is 5.41. The number of hydrogen-bond acceptors (Lipinski definition) is 4. The van der Waals surface area contributed by atoms with Crippen LogP contribution in [0.4, 0.5) is 0 Å². The van der Waals surface area contributed by atoms with E-state index >= 15 is 0 Å². The third-order valence-corrected chi connectivity index (χ3v) is 3.81. The summed E-state index contributed by atoms with van der Waals surface area (Å²) < 4.78 is 5.46. The van der Waals surface area contributed by atoms with Crippen LogP contribution in [-0.4, -0.2) is 34.7 Å². The van der Waals surface area contributed by atoms with Crippen molar-refractivity contribution in [1.82, 2.24) is 9.88 Å². The maximum Gasteiger partial charge on any atom is 0.181 e. The summed E-state index contributed by atoms with van der Waals surface area (Å²) in [7, 11) is 0. The molecule has 0 saturated carbocycles. The molecule has 1 saturated heterocycles. The number of piperidine rings is 1. The van der Waals surface area contributed by atoms with Crippen molar-refractivity contribution >= 4 is 0 Å². The standard InChI is InChI=1S/C14H24N2O2/c1-11(2)13-12(15-10-18-13)7-16-6-4-5-14(3,8-16)9-17/h10-11,17H,4-9H2,1-3H3. The monoisotopic (exact) mass is 252 g/mol. The molecule has 2 rings (SSSR count). The number of nitrogens with zero attached hydrogens (tertiary/aromatic N) is 2. The third kappa shape index (κ3) is 2.93. The van der Waals surface area contributed by atoms with Crippen LogP contribution in [0, 0.1) is 5.41 Å². The summed E-state index contributed by atoms with van der Waals surface area (Å²) in [5.74, 6) is 1.36. The minimum Gasteiger partial charge on any atom is -0.448 e. The highest BCUT2D eigenvalue weighted by atomic mass is 16.3. The van der Waals surface area contributed by atoms with Crippen molar-refractivity contribution in [3.63, 3.8) is 0 Å². The van der Waals surface area contributed by atoms with Gasteiger partial charge >= 0.3 is 0 Å². The number of aromatic nitrogens is 1. The summed E-state index contributed by atoms with van der Waals surface area (Å²) in [6.45, 7) is 9.52.